The van der Waals surface area contributed by atoms with Crippen LogP contribution in [0.4, 0.5) is 0 Å². The summed E-state index contributed by atoms with van der Waals surface area (Å²) >= 11 is 8.38. The Hall–Kier alpha value is -1.65. The molecule has 3 amide bonds. The molecule has 59 heavy (non-hydrogen) atoms. The molecule has 0 aromatic rings. The van der Waals surface area contributed by atoms with Crippen molar-refractivity contribution < 1.29 is 54.0 Å². The number of nitrogens with two attached hydrogens (primary N) is 1. The van der Waals surface area contributed by atoms with E-state index in [1.807, 2.05) is 0 Å². The number of carbonyl (C=O) groups is 7. The molecule has 0 aliphatic carbocycles. The smallest absolute Gasteiger partial charge is 0.326 e. The van der Waals surface area contributed by atoms with Crippen LogP contribution in [-0.2, 0) is 33.6 Å². The van der Waals surface area contributed by atoms with E-state index in [0.29, 0.717) is 19.3 Å². The molecule has 1 aliphatic rings. The molecule has 0 aromatic heterocycles. The molecule has 342 valence electrons. The van der Waals surface area contributed by atoms with E-state index in [-0.39, 0.29) is 54.2 Å². The standard InChI is InChI=1S/C36H64N4O11.C2H4S6/c37-27(34(46)47)19-17-18-26-38-30(41)24-22-28(35(48)49)40-32(43)25-23-29(36(50)51)39-31(42)20-15-13-11-9-7-5-3-1-2-4-6-8-10-12-14-16-21-33(44)45;3-1-5-6-2(4)7-8-2/h27-29H,1-26,37H2,(H,38,41)(H,39,42)(H,40,43)(H,44,45)(H,46,47)(H,48,49)(H,50,51);3-4H,1H2/t27-,28-,29-;/m0./s1. The number of nitrogens with one attached hydrogen (secondary N) is 3. The number of carboxylic acids is 4. The van der Waals surface area contributed by atoms with Gasteiger partial charge in [-0.05, 0) is 66.5 Å². The first-order valence-electron chi connectivity index (χ1n) is 20.6. The van der Waals surface area contributed by atoms with Crippen molar-refractivity contribution >= 4 is 110 Å². The van der Waals surface area contributed by atoms with E-state index in [2.05, 4.69) is 41.2 Å². The number of unbranched alkanes of at least 4 members (excludes halogenated alkanes) is 16. The van der Waals surface area contributed by atoms with Crippen molar-refractivity contribution in [1.82, 2.24) is 16.0 Å². The van der Waals surface area contributed by atoms with Gasteiger partial charge in [0.05, 0.1) is 0 Å². The number of hydrogen-bond acceptors (Lipinski definition) is 14. The van der Waals surface area contributed by atoms with Crippen molar-refractivity contribution in [2.45, 2.75) is 181 Å². The fraction of sp³-hybridized carbons (Fsp3) is 0.816. The Morgan fingerprint density at radius 2 is 0.949 bits per heavy atom. The van der Waals surface area contributed by atoms with Crippen LogP contribution in [0.15, 0.2) is 0 Å². The molecule has 1 fully saturated rings. The number of carboxylic acid groups (broad SMARTS) is 4. The van der Waals surface area contributed by atoms with E-state index in [1.54, 1.807) is 43.2 Å². The summed E-state index contributed by atoms with van der Waals surface area (Å²) in [6.07, 6.45) is 18.2. The monoisotopic (exact) mass is 948 g/mol. The Morgan fingerprint density at radius 1 is 0.542 bits per heavy atom. The molecule has 0 unspecified atom stereocenters. The van der Waals surface area contributed by atoms with Crippen LogP contribution < -0.4 is 21.7 Å². The molecule has 1 rings (SSSR count). The zero-order valence-corrected chi connectivity index (χ0v) is 39.1. The Bertz CT molecular complexity index is 1240. The summed E-state index contributed by atoms with van der Waals surface area (Å²) in [5.41, 5.74) is 5.42. The second-order valence-corrected chi connectivity index (χ2v) is 22.5. The van der Waals surface area contributed by atoms with Crippen LogP contribution in [0.3, 0.4) is 0 Å². The number of aliphatic carboxylic acids is 4. The predicted octanol–water partition coefficient (Wildman–Crippen LogP) is 7.68. The normalized spacial score (nSPS) is 14.2. The molecule has 0 spiro atoms. The van der Waals surface area contributed by atoms with Crippen molar-refractivity contribution in [3.05, 3.63) is 0 Å². The van der Waals surface area contributed by atoms with E-state index in [0.717, 1.165) is 50.0 Å². The van der Waals surface area contributed by atoms with Crippen molar-refractivity contribution in [3.8, 4) is 0 Å². The topological polar surface area (TPSA) is 263 Å². The first-order chi connectivity index (χ1) is 28.1. The van der Waals surface area contributed by atoms with E-state index in [4.69, 9.17) is 15.9 Å². The molecule has 1 aliphatic heterocycles. The molecule has 0 aromatic carbocycles. The third kappa shape index (κ3) is 36.7. The third-order valence-corrected chi connectivity index (χ3v) is 18.1. The SMILES string of the molecule is N[C@@H](CCCCNC(=O)CC[C@H](NC(=O)CC[C@H](NC(=O)CCCCCCCCCCCCCCCCCCC(=O)O)C(=O)O)C(=O)O)C(=O)O.SCSSC1(S)SS1. The Balaban J connectivity index is 0.00000372. The molecular formula is C38H68N4O11S6. The first kappa shape index (κ1) is 57.3. The molecule has 1 saturated heterocycles. The lowest BCUT2D eigenvalue weighted by atomic mass is 10.0. The molecule has 9 N–H and O–H groups in total. The first-order valence-corrected chi connectivity index (χ1v) is 26.2. The van der Waals surface area contributed by atoms with Crippen LogP contribution in [0.2, 0.25) is 0 Å². The minimum atomic E-state index is -1.36. The van der Waals surface area contributed by atoms with Crippen LogP contribution in [0.5, 0.6) is 0 Å². The minimum Gasteiger partial charge on any atom is -0.481 e. The predicted molar refractivity (Wildman–Crippen MR) is 247 cm³/mol. The maximum atomic E-state index is 12.4. The average molecular weight is 949 g/mol. The molecule has 3 atom stereocenters. The summed E-state index contributed by atoms with van der Waals surface area (Å²) in [7, 11) is 7.11. The fourth-order valence-electron chi connectivity index (χ4n) is 5.73. The van der Waals surface area contributed by atoms with Crippen LogP contribution in [0, 0.1) is 0 Å². The van der Waals surface area contributed by atoms with E-state index >= 15 is 0 Å². The van der Waals surface area contributed by atoms with Gasteiger partial charge in [-0.2, -0.15) is 12.6 Å². The number of amides is 3. The van der Waals surface area contributed by atoms with E-state index < -0.39 is 59.7 Å². The van der Waals surface area contributed by atoms with Gasteiger partial charge < -0.3 is 42.1 Å². The maximum absolute atomic E-state index is 12.4. The van der Waals surface area contributed by atoms with Gasteiger partial charge in [-0.1, -0.05) is 111 Å². The lowest BCUT2D eigenvalue weighted by Crippen LogP contribution is -2.44. The average Bonchev–Trinajstić information content (AvgIpc) is 3.92. The van der Waals surface area contributed by atoms with Gasteiger partial charge in [-0.3, -0.25) is 24.0 Å². The maximum Gasteiger partial charge on any atom is 0.326 e. The molecular weight excluding hydrogens is 881 g/mol. The molecule has 0 radical (unpaired) electrons. The summed E-state index contributed by atoms with van der Waals surface area (Å²) in [4.78, 5) is 81.2. The Morgan fingerprint density at radius 3 is 1.34 bits per heavy atom. The van der Waals surface area contributed by atoms with Crippen LogP contribution in [0.1, 0.15) is 161 Å². The highest BCUT2D eigenvalue weighted by molar-refractivity contribution is 9.07. The lowest BCUT2D eigenvalue weighted by molar-refractivity contribution is -0.143. The lowest BCUT2D eigenvalue weighted by Gasteiger charge is -2.17. The van der Waals surface area contributed by atoms with E-state index in [1.165, 1.54) is 51.4 Å². The van der Waals surface area contributed by atoms with Gasteiger partial charge in [-0.15, -0.1) is 12.6 Å². The van der Waals surface area contributed by atoms with Crippen molar-refractivity contribution in [3.63, 3.8) is 0 Å². The molecule has 0 saturated carbocycles. The van der Waals surface area contributed by atoms with Crippen LogP contribution >= 0.6 is 68.4 Å². The fourth-order valence-corrected chi connectivity index (χ4v) is 11.5. The van der Waals surface area contributed by atoms with Crippen LogP contribution in [-0.4, -0.2) is 94.5 Å². The summed E-state index contributed by atoms with van der Waals surface area (Å²) in [6.45, 7) is 0.266. The number of hydrogen-bond donors (Lipinski definition) is 10. The van der Waals surface area contributed by atoms with Gasteiger partial charge >= 0.3 is 23.9 Å². The summed E-state index contributed by atoms with van der Waals surface area (Å²) in [5, 5.41) is 44.6. The van der Waals surface area contributed by atoms with Crippen molar-refractivity contribution in [2.24, 2.45) is 5.73 Å². The zero-order valence-electron chi connectivity index (χ0n) is 34.1. The Kier molecular flexibility index (Phi) is 35.9. The van der Waals surface area contributed by atoms with Gasteiger partial charge in [0.1, 0.15) is 18.1 Å². The van der Waals surface area contributed by atoms with Gasteiger partial charge in [0.2, 0.25) is 17.7 Å². The van der Waals surface area contributed by atoms with Gasteiger partial charge in [0.15, 0.2) is 2.74 Å². The van der Waals surface area contributed by atoms with Gasteiger partial charge in [0, 0.05) is 37.3 Å². The largest absolute Gasteiger partial charge is 0.481 e. The highest BCUT2D eigenvalue weighted by Gasteiger charge is 2.43. The van der Waals surface area contributed by atoms with Gasteiger partial charge in [0.25, 0.3) is 0 Å². The molecule has 0 bridgehead atoms. The second-order valence-electron chi connectivity index (χ2n) is 14.4. The third-order valence-electron chi connectivity index (χ3n) is 9.16. The van der Waals surface area contributed by atoms with Crippen molar-refractivity contribution in [1.29, 1.82) is 0 Å². The van der Waals surface area contributed by atoms with Crippen molar-refractivity contribution in [2.75, 3.05) is 11.6 Å². The molecule has 1 heterocycles. The van der Waals surface area contributed by atoms with Gasteiger partial charge in [-0.25, -0.2) is 9.59 Å². The molecule has 15 nitrogen and oxygen atoms in total. The van der Waals surface area contributed by atoms with E-state index in [9.17, 15) is 43.8 Å². The summed E-state index contributed by atoms with van der Waals surface area (Å²) in [6, 6.07) is -3.62. The number of carbonyl (C=O) groups excluding carboxylic acids is 3. The summed E-state index contributed by atoms with van der Waals surface area (Å²) in [5.74, 6) is -6.01. The number of thiol groups is 2. The minimum absolute atomic E-state index is 0.160. The number of rotatable bonds is 38. The van der Waals surface area contributed by atoms with Crippen LogP contribution in [0.25, 0.3) is 0 Å². The zero-order chi connectivity index (χ0) is 44.3. The quantitative estimate of drug-likeness (QED) is 0.00935. The Labute approximate surface area is 376 Å². The highest BCUT2D eigenvalue weighted by atomic mass is 33.2. The summed E-state index contributed by atoms with van der Waals surface area (Å²) < 4.78 is 0.160. The molecule has 21 heteroatoms. The second kappa shape index (κ2) is 37.0. The highest BCUT2D eigenvalue weighted by Crippen LogP contribution is 2.75.